The van der Waals surface area contributed by atoms with Gasteiger partial charge in [0, 0.05) is 13.6 Å². The van der Waals surface area contributed by atoms with Crippen molar-refractivity contribution in [1.82, 2.24) is 4.90 Å². The van der Waals surface area contributed by atoms with E-state index in [1.54, 1.807) is 0 Å². The zero-order chi connectivity index (χ0) is 9.52. The first-order valence-electron chi connectivity index (χ1n) is 4.37. The Morgan fingerprint density at radius 1 is 1.29 bits per heavy atom. The van der Waals surface area contributed by atoms with Crippen molar-refractivity contribution in [2.24, 2.45) is 0 Å². The zero-order valence-electron chi connectivity index (χ0n) is 8.39. The van der Waals surface area contributed by atoms with Crippen LogP contribution >= 0.6 is 12.4 Å². The van der Waals surface area contributed by atoms with E-state index in [1.165, 1.54) is 5.56 Å². The topological polar surface area (TPSA) is 3.24 Å². The number of hydrogen-bond acceptors (Lipinski definition) is 1. The van der Waals surface area contributed by atoms with E-state index in [2.05, 4.69) is 35.9 Å². The summed E-state index contributed by atoms with van der Waals surface area (Å²) in [6.07, 6.45) is 6.02. The molecular formula is C12H16ClN. The molecule has 0 aliphatic heterocycles. The Kier molecular flexibility index (Phi) is 6.59. The van der Waals surface area contributed by atoms with Crippen LogP contribution in [0.5, 0.6) is 0 Å². The van der Waals surface area contributed by atoms with Gasteiger partial charge in [0.25, 0.3) is 0 Å². The third-order valence-corrected chi connectivity index (χ3v) is 1.74. The maximum Gasteiger partial charge on any atom is 0.0348 e. The molecule has 1 nitrogen and oxygen atoms in total. The third-order valence-electron chi connectivity index (χ3n) is 1.74. The number of nitrogens with zero attached hydrogens (tertiary/aromatic N) is 1. The predicted molar refractivity (Wildman–Crippen MR) is 65.6 cm³/mol. The van der Waals surface area contributed by atoms with Gasteiger partial charge in [-0.1, -0.05) is 36.4 Å². The summed E-state index contributed by atoms with van der Waals surface area (Å²) in [6.45, 7) is 4.56. The van der Waals surface area contributed by atoms with E-state index in [0.29, 0.717) is 0 Å². The Bertz CT molecular complexity index is 280. The Hall–Kier alpha value is -1.21. The number of benzene rings is 1. The molecule has 0 saturated carbocycles. The molecule has 1 aromatic carbocycles. The Morgan fingerprint density at radius 2 is 1.93 bits per heavy atom. The SMILES string of the molecule is C=CCN(C)C=Cc1ccccc1.Cl. The van der Waals surface area contributed by atoms with E-state index in [-0.39, 0.29) is 12.4 Å². The summed E-state index contributed by atoms with van der Waals surface area (Å²) in [5, 5.41) is 0. The highest BCUT2D eigenvalue weighted by atomic mass is 35.5. The van der Waals surface area contributed by atoms with Gasteiger partial charge in [-0.3, -0.25) is 0 Å². The first kappa shape index (κ1) is 12.8. The van der Waals surface area contributed by atoms with Crippen molar-refractivity contribution in [2.45, 2.75) is 0 Å². The molecule has 0 radical (unpaired) electrons. The lowest BCUT2D eigenvalue weighted by Crippen LogP contribution is -2.08. The van der Waals surface area contributed by atoms with Crippen LogP contribution in [0, 0.1) is 0 Å². The standard InChI is InChI=1S/C12H15N.ClH/c1-3-10-13(2)11-9-12-7-5-4-6-8-12;/h3-9,11H,1,10H2,2H3;1H. The largest absolute Gasteiger partial charge is 0.377 e. The fraction of sp³-hybridized carbons (Fsp3) is 0.167. The van der Waals surface area contributed by atoms with E-state index >= 15 is 0 Å². The van der Waals surface area contributed by atoms with Gasteiger partial charge in [0.15, 0.2) is 0 Å². The van der Waals surface area contributed by atoms with Crippen molar-refractivity contribution in [2.75, 3.05) is 13.6 Å². The summed E-state index contributed by atoms with van der Waals surface area (Å²) in [5.74, 6) is 0. The molecule has 0 aliphatic rings. The molecule has 0 aliphatic carbocycles. The quantitative estimate of drug-likeness (QED) is 0.689. The Labute approximate surface area is 92.2 Å². The Morgan fingerprint density at radius 3 is 2.50 bits per heavy atom. The maximum atomic E-state index is 3.68. The molecule has 0 aromatic heterocycles. The normalized spacial score (nSPS) is 9.50. The van der Waals surface area contributed by atoms with Gasteiger partial charge in [-0.2, -0.15) is 0 Å². The molecule has 2 heteroatoms. The molecular weight excluding hydrogens is 194 g/mol. The average Bonchev–Trinajstić information content (AvgIpc) is 2.17. The van der Waals surface area contributed by atoms with Crippen molar-refractivity contribution in [3.05, 3.63) is 54.8 Å². The predicted octanol–water partition coefficient (Wildman–Crippen LogP) is 3.20. The molecule has 0 saturated heterocycles. The molecule has 0 bridgehead atoms. The molecule has 1 rings (SSSR count). The maximum absolute atomic E-state index is 3.68. The average molecular weight is 210 g/mol. The van der Waals surface area contributed by atoms with Crippen LogP contribution in [0.15, 0.2) is 49.2 Å². The van der Waals surface area contributed by atoms with Crippen LogP contribution in [0.4, 0.5) is 0 Å². The summed E-state index contributed by atoms with van der Waals surface area (Å²) in [7, 11) is 2.03. The van der Waals surface area contributed by atoms with Gasteiger partial charge in [0.1, 0.15) is 0 Å². The van der Waals surface area contributed by atoms with Crippen molar-refractivity contribution < 1.29 is 0 Å². The molecule has 1 aromatic rings. The molecule has 0 fully saturated rings. The smallest absolute Gasteiger partial charge is 0.0348 e. The lowest BCUT2D eigenvalue weighted by Gasteiger charge is -2.09. The number of rotatable bonds is 4. The summed E-state index contributed by atoms with van der Waals surface area (Å²) < 4.78 is 0. The van der Waals surface area contributed by atoms with Gasteiger partial charge in [-0.25, -0.2) is 0 Å². The van der Waals surface area contributed by atoms with E-state index in [9.17, 15) is 0 Å². The molecule has 0 spiro atoms. The Balaban J connectivity index is 0.00000169. The van der Waals surface area contributed by atoms with E-state index in [4.69, 9.17) is 0 Å². The minimum atomic E-state index is 0. The first-order chi connectivity index (χ1) is 6.33. The van der Waals surface area contributed by atoms with Gasteiger partial charge in [-0.15, -0.1) is 19.0 Å². The molecule has 14 heavy (non-hydrogen) atoms. The van der Waals surface area contributed by atoms with Crippen LogP contribution in [0.3, 0.4) is 0 Å². The van der Waals surface area contributed by atoms with Gasteiger partial charge in [0.05, 0.1) is 0 Å². The van der Waals surface area contributed by atoms with Gasteiger partial charge in [-0.05, 0) is 17.8 Å². The molecule has 0 unspecified atom stereocenters. The highest BCUT2D eigenvalue weighted by molar-refractivity contribution is 5.85. The molecule has 0 amide bonds. The van der Waals surface area contributed by atoms with Crippen molar-refractivity contribution in [3.63, 3.8) is 0 Å². The second-order valence-corrected chi connectivity index (χ2v) is 2.95. The van der Waals surface area contributed by atoms with E-state index in [1.807, 2.05) is 31.3 Å². The fourth-order valence-corrected chi connectivity index (χ4v) is 1.04. The molecule has 0 N–H and O–H groups in total. The van der Waals surface area contributed by atoms with Gasteiger partial charge >= 0.3 is 0 Å². The first-order valence-corrected chi connectivity index (χ1v) is 4.37. The minimum absolute atomic E-state index is 0. The second-order valence-electron chi connectivity index (χ2n) is 2.95. The summed E-state index contributed by atoms with van der Waals surface area (Å²) >= 11 is 0. The van der Waals surface area contributed by atoms with Crippen molar-refractivity contribution in [1.29, 1.82) is 0 Å². The van der Waals surface area contributed by atoms with E-state index < -0.39 is 0 Å². The lowest BCUT2D eigenvalue weighted by molar-refractivity contribution is 0.513. The van der Waals surface area contributed by atoms with E-state index in [0.717, 1.165) is 6.54 Å². The van der Waals surface area contributed by atoms with Gasteiger partial charge in [0.2, 0.25) is 0 Å². The third kappa shape index (κ3) is 4.73. The second kappa shape index (κ2) is 7.22. The highest BCUT2D eigenvalue weighted by Crippen LogP contribution is 2.01. The van der Waals surface area contributed by atoms with Crippen LogP contribution < -0.4 is 0 Å². The van der Waals surface area contributed by atoms with Crippen LogP contribution in [0.1, 0.15) is 5.56 Å². The van der Waals surface area contributed by atoms with Crippen LogP contribution in [0.2, 0.25) is 0 Å². The molecule has 0 atom stereocenters. The highest BCUT2D eigenvalue weighted by Gasteiger charge is 1.85. The lowest BCUT2D eigenvalue weighted by atomic mass is 10.2. The monoisotopic (exact) mass is 209 g/mol. The molecule has 0 heterocycles. The van der Waals surface area contributed by atoms with Crippen LogP contribution in [0.25, 0.3) is 6.08 Å². The van der Waals surface area contributed by atoms with Crippen molar-refractivity contribution >= 4 is 18.5 Å². The number of halogens is 1. The fourth-order valence-electron chi connectivity index (χ4n) is 1.04. The van der Waals surface area contributed by atoms with Crippen LogP contribution in [-0.2, 0) is 0 Å². The minimum Gasteiger partial charge on any atom is -0.377 e. The number of hydrogen-bond donors (Lipinski definition) is 0. The summed E-state index contributed by atoms with van der Waals surface area (Å²) in [4.78, 5) is 2.08. The molecule has 76 valence electrons. The zero-order valence-corrected chi connectivity index (χ0v) is 9.20. The number of likely N-dealkylation sites (N-methyl/N-ethyl adjacent to an activating group) is 1. The van der Waals surface area contributed by atoms with Crippen LogP contribution in [-0.4, -0.2) is 18.5 Å². The van der Waals surface area contributed by atoms with Gasteiger partial charge < -0.3 is 4.90 Å². The summed E-state index contributed by atoms with van der Waals surface area (Å²) in [5.41, 5.74) is 1.22. The summed E-state index contributed by atoms with van der Waals surface area (Å²) in [6, 6.07) is 10.3. The van der Waals surface area contributed by atoms with Crippen molar-refractivity contribution in [3.8, 4) is 0 Å².